The van der Waals surface area contributed by atoms with Gasteiger partial charge in [0.2, 0.25) is 0 Å². The molecule has 1 aromatic rings. The Morgan fingerprint density at radius 2 is 2.20 bits per heavy atom. The summed E-state index contributed by atoms with van der Waals surface area (Å²) in [4.78, 5) is 16.2. The van der Waals surface area contributed by atoms with E-state index in [1.165, 1.54) is 0 Å². The lowest BCUT2D eigenvalue weighted by Gasteiger charge is -2.20. The molecule has 0 N–H and O–H groups in total. The standard InChI is InChI=1S/C10H10Cl2N2O/c1-2-3-14(4-5-15)8-6-9(11)10(12)13-7-8/h2,5-7H,1,3-4H2. The highest BCUT2D eigenvalue weighted by atomic mass is 35.5. The van der Waals surface area contributed by atoms with E-state index in [2.05, 4.69) is 11.6 Å². The fourth-order valence-electron chi connectivity index (χ4n) is 1.12. The molecule has 0 saturated carbocycles. The summed E-state index contributed by atoms with van der Waals surface area (Å²) in [6, 6.07) is 1.67. The van der Waals surface area contributed by atoms with Gasteiger partial charge >= 0.3 is 0 Å². The minimum Gasteiger partial charge on any atom is -0.360 e. The highest BCUT2D eigenvalue weighted by Crippen LogP contribution is 2.24. The Balaban J connectivity index is 2.94. The molecule has 0 aliphatic heterocycles. The van der Waals surface area contributed by atoms with Crippen LogP contribution in [0.25, 0.3) is 0 Å². The van der Waals surface area contributed by atoms with Gasteiger partial charge in [-0.3, -0.25) is 0 Å². The van der Waals surface area contributed by atoms with Crippen LogP contribution in [0.2, 0.25) is 10.2 Å². The summed E-state index contributed by atoms with van der Waals surface area (Å²) in [5, 5.41) is 0.624. The number of hydrogen-bond donors (Lipinski definition) is 0. The first-order chi connectivity index (χ1) is 7.19. The average molecular weight is 245 g/mol. The van der Waals surface area contributed by atoms with Crippen LogP contribution in [0.4, 0.5) is 5.69 Å². The minimum atomic E-state index is 0.255. The van der Waals surface area contributed by atoms with Crippen LogP contribution in [0.1, 0.15) is 0 Å². The summed E-state index contributed by atoms with van der Waals surface area (Å²) in [6.07, 6.45) is 4.08. The molecule has 0 saturated heterocycles. The Morgan fingerprint density at radius 1 is 1.47 bits per heavy atom. The second-order valence-corrected chi connectivity index (χ2v) is 3.59. The van der Waals surface area contributed by atoms with Crippen molar-refractivity contribution in [3.63, 3.8) is 0 Å². The number of anilines is 1. The van der Waals surface area contributed by atoms with Crippen molar-refractivity contribution in [3.8, 4) is 0 Å². The summed E-state index contributed by atoms with van der Waals surface area (Å²) in [7, 11) is 0. The van der Waals surface area contributed by atoms with E-state index in [0.29, 0.717) is 11.6 Å². The maximum atomic E-state index is 10.5. The summed E-state index contributed by atoms with van der Waals surface area (Å²) < 4.78 is 0. The van der Waals surface area contributed by atoms with E-state index < -0.39 is 0 Å². The molecule has 0 fully saturated rings. The third-order valence-electron chi connectivity index (χ3n) is 1.79. The molecule has 0 radical (unpaired) electrons. The van der Waals surface area contributed by atoms with Crippen LogP contribution in [-0.4, -0.2) is 24.4 Å². The smallest absolute Gasteiger partial charge is 0.147 e. The first kappa shape index (κ1) is 12.0. The van der Waals surface area contributed by atoms with Gasteiger partial charge in [-0.15, -0.1) is 6.58 Å². The van der Waals surface area contributed by atoms with Gasteiger partial charge in [-0.25, -0.2) is 4.98 Å². The number of halogens is 2. The number of rotatable bonds is 5. The van der Waals surface area contributed by atoms with E-state index in [-0.39, 0.29) is 11.7 Å². The highest BCUT2D eigenvalue weighted by Gasteiger charge is 2.07. The van der Waals surface area contributed by atoms with Crippen molar-refractivity contribution in [2.75, 3.05) is 18.0 Å². The average Bonchev–Trinajstić information content (AvgIpc) is 2.22. The molecule has 15 heavy (non-hydrogen) atoms. The normalized spacial score (nSPS) is 9.73. The molecule has 0 aliphatic carbocycles. The number of hydrogen-bond acceptors (Lipinski definition) is 3. The van der Waals surface area contributed by atoms with Gasteiger partial charge < -0.3 is 9.69 Å². The van der Waals surface area contributed by atoms with Gasteiger partial charge in [0, 0.05) is 6.54 Å². The van der Waals surface area contributed by atoms with Gasteiger partial charge in [0.15, 0.2) is 0 Å². The topological polar surface area (TPSA) is 33.2 Å². The van der Waals surface area contributed by atoms with Crippen LogP contribution in [0.3, 0.4) is 0 Å². The first-order valence-corrected chi connectivity index (χ1v) is 5.05. The van der Waals surface area contributed by atoms with Crippen LogP contribution in [0, 0.1) is 0 Å². The molecule has 1 aromatic heterocycles. The van der Waals surface area contributed by atoms with E-state index in [1.807, 2.05) is 0 Å². The van der Waals surface area contributed by atoms with E-state index in [0.717, 1.165) is 12.0 Å². The quantitative estimate of drug-likeness (QED) is 0.454. The SMILES string of the molecule is C=CCN(CC=O)c1cnc(Cl)c(Cl)c1. The molecule has 1 heterocycles. The molecule has 1 rings (SSSR count). The monoisotopic (exact) mass is 244 g/mol. The van der Waals surface area contributed by atoms with Crippen molar-refractivity contribution in [2.45, 2.75) is 0 Å². The van der Waals surface area contributed by atoms with Crippen LogP contribution in [-0.2, 0) is 4.79 Å². The van der Waals surface area contributed by atoms with Gasteiger partial charge in [0.25, 0.3) is 0 Å². The van der Waals surface area contributed by atoms with Crippen molar-refractivity contribution in [3.05, 3.63) is 35.1 Å². The number of carbonyl (C=O) groups is 1. The molecule has 0 amide bonds. The molecule has 3 nitrogen and oxygen atoms in total. The zero-order valence-electron chi connectivity index (χ0n) is 7.99. The Bertz CT molecular complexity index is 358. The number of carbonyl (C=O) groups excluding carboxylic acids is 1. The van der Waals surface area contributed by atoms with Gasteiger partial charge in [-0.1, -0.05) is 29.3 Å². The van der Waals surface area contributed by atoms with Gasteiger partial charge in [-0.05, 0) is 6.07 Å². The molecule has 0 unspecified atom stereocenters. The first-order valence-electron chi connectivity index (χ1n) is 4.29. The van der Waals surface area contributed by atoms with E-state index >= 15 is 0 Å². The second-order valence-electron chi connectivity index (χ2n) is 2.83. The predicted octanol–water partition coefficient (Wildman–Crippen LogP) is 2.58. The van der Waals surface area contributed by atoms with E-state index in [1.54, 1.807) is 23.2 Å². The molecule has 0 aliphatic rings. The Morgan fingerprint density at radius 3 is 2.73 bits per heavy atom. The molecule has 0 spiro atoms. The number of aldehydes is 1. The molecule has 5 heteroatoms. The lowest BCUT2D eigenvalue weighted by atomic mass is 10.3. The van der Waals surface area contributed by atoms with Crippen LogP contribution < -0.4 is 4.90 Å². The summed E-state index contributed by atoms with van der Waals surface area (Å²) >= 11 is 11.5. The van der Waals surface area contributed by atoms with Gasteiger partial charge in [-0.2, -0.15) is 0 Å². The van der Waals surface area contributed by atoms with E-state index in [4.69, 9.17) is 23.2 Å². The Hall–Kier alpha value is -1.06. The fraction of sp³-hybridized carbons (Fsp3) is 0.200. The number of aromatic nitrogens is 1. The molecular formula is C10H10Cl2N2O. The van der Waals surface area contributed by atoms with Crippen LogP contribution in [0.5, 0.6) is 0 Å². The second kappa shape index (κ2) is 5.73. The third kappa shape index (κ3) is 3.22. The highest BCUT2D eigenvalue weighted by molar-refractivity contribution is 6.41. The zero-order chi connectivity index (χ0) is 11.3. The zero-order valence-corrected chi connectivity index (χ0v) is 9.50. The minimum absolute atomic E-state index is 0.255. The summed E-state index contributed by atoms with van der Waals surface area (Å²) in [5.41, 5.74) is 0.747. The maximum Gasteiger partial charge on any atom is 0.147 e. The van der Waals surface area contributed by atoms with Crippen molar-refractivity contribution < 1.29 is 4.79 Å². The maximum absolute atomic E-state index is 10.5. The predicted molar refractivity (Wildman–Crippen MR) is 62.7 cm³/mol. The molecule has 80 valence electrons. The third-order valence-corrected chi connectivity index (χ3v) is 2.48. The van der Waals surface area contributed by atoms with Crippen molar-refractivity contribution in [1.29, 1.82) is 0 Å². The number of pyridine rings is 1. The Kier molecular flexibility index (Phi) is 4.59. The molecular weight excluding hydrogens is 235 g/mol. The van der Waals surface area contributed by atoms with Crippen molar-refractivity contribution in [2.24, 2.45) is 0 Å². The van der Waals surface area contributed by atoms with Crippen molar-refractivity contribution in [1.82, 2.24) is 4.98 Å². The van der Waals surface area contributed by atoms with Gasteiger partial charge in [0.1, 0.15) is 11.4 Å². The number of nitrogens with zero attached hydrogens (tertiary/aromatic N) is 2. The van der Waals surface area contributed by atoms with Crippen molar-refractivity contribution >= 4 is 35.2 Å². The summed E-state index contributed by atoms with van der Waals surface area (Å²) in [6.45, 7) is 4.43. The fourth-order valence-corrected chi connectivity index (χ4v) is 1.38. The Labute approximate surface area is 98.3 Å². The van der Waals surface area contributed by atoms with Gasteiger partial charge in [0.05, 0.1) is 23.5 Å². The van der Waals surface area contributed by atoms with E-state index in [9.17, 15) is 4.79 Å². The molecule has 0 bridgehead atoms. The van der Waals surface area contributed by atoms with Crippen LogP contribution >= 0.6 is 23.2 Å². The van der Waals surface area contributed by atoms with Crippen LogP contribution in [0.15, 0.2) is 24.9 Å². The molecule has 0 atom stereocenters. The molecule has 0 aromatic carbocycles. The lowest BCUT2D eigenvalue weighted by Crippen LogP contribution is -2.25. The summed E-state index contributed by atoms with van der Waals surface area (Å²) in [5.74, 6) is 0. The largest absolute Gasteiger partial charge is 0.360 e. The lowest BCUT2D eigenvalue weighted by molar-refractivity contribution is -0.106.